The molecule has 1 aliphatic heterocycles. The van der Waals surface area contributed by atoms with Gasteiger partial charge in [-0.1, -0.05) is 6.42 Å². The van der Waals surface area contributed by atoms with E-state index in [0.29, 0.717) is 6.61 Å². The first-order valence-electron chi connectivity index (χ1n) is 5.06. The zero-order valence-electron chi connectivity index (χ0n) is 8.16. The lowest BCUT2D eigenvalue weighted by Crippen LogP contribution is -2.28. The highest BCUT2D eigenvalue weighted by Crippen LogP contribution is 2.49. The first kappa shape index (κ1) is 9.44. The zero-order chi connectivity index (χ0) is 9.31. The van der Waals surface area contributed by atoms with Gasteiger partial charge in [0.2, 0.25) is 0 Å². The smallest absolute Gasteiger partial charge is 0.0819 e. The van der Waals surface area contributed by atoms with Gasteiger partial charge in [-0.3, -0.25) is 0 Å². The molecule has 3 nitrogen and oxygen atoms in total. The fraction of sp³-hybridized carbons (Fsp3) is 1.00. The van der Waals surface area contributed by atoms with Crippen molar-refractivity contribution in [3.8, 4) is 0 Å². The van der Waals surface area contributed by atoms with Gasteiger partial charge in [-0.25, -0.2) is 0 Å². The van der Waals surface area contributed by atoms with Crippen LogP contribution in [-0.4, -0.2) is 37.6 Å². The number of aliphatic hydroxyl groups is 1. The molecule has 1 saturated carbocycles. The molecule has 2 aliphatic rings. The van der Waals surface area contributed by atoms with E-state index in [9.17, 15) is 5.11 Å². The van der Waals surface area contributed by atoms with Crippen molar-refractivity contribution in [1.29, 1.82) is 0 Å². The third-order valence-electron chi connectivity index (χ3n) is 3.48. The number of hydrogen-bond donors (Lipinski definition) is 1. The van der Waals surface area contributed by atoms with Crippen LogP contribution in [0, 0.1) is 5.41 Å². The molecule has 2 fully saturated rings. The Morgan fingerprint density at radius 2 is 2.46 bits per heavy atom. The Morgan fingerprint density at radius 1 is 1.62 bits per heavy atom. The first-order chi connectivity index (χ1) is 6.30. The van der Waals surface area contributed by atoms with Crippen molar-refractivity contribution >= 4 is 0 Å². The Kier molecular flexibility index (Phi) is 2.58. The Balaban J connectivity index is 2.00. The molecule has 0 aromatic rings. The number of aliphatic hydroxyl groups excluding tert-OH is 1. The fourth-order valence-corrected chi connectivity index (χ4v) is 2.82. The predicted octanol–water partition coefficient (Wildman–Crippen LogP) is 0.953. The van der Waals surface area contributed by atoms with Crippen molar-refractivity contribution in [3.63, 3.8) is 0 Å². The van der Waals surface area contributed by atoms with E-state index in [1.165, 1.54) is 6.42 Å². The summed E-state index contributed by atoms with van der Waals surface area (Å²) < 4.78 is 10.9. The highest BCUT2D eigenvalue weighted by atomic mass is 16.5. The average Bonchev–Trinajstić information content (AvgIpc) is 2.61. The van der Waals surface area contributed by atoms with Gasteiger partial charge in [0.05, 0.1) is 25.4 Å². The van der Waals surface area contributed by atoms with Crippen LogP contribution in [0.15, 0.2) is 0 Å². The fourth-order valence-electron chi connectivity index (χ4n) is 2.82. The molecule has 0 unspecified atom stereocenters. The van der Waals surface area contributed by atoms with Crippen molar-refractivity contribution in [2.24, 2.45) is 5.41 Å². The molecule has 0 aromatic heterocycles. The van der Waals surface area contributed by atoms with E-state index in [1.54, 1.807) is 7.11 Å². The van der Waals surface area contributed by atoms with Crippen LogP contribution < -0.4 is 0 Å². The van der Waals surface area contributed by atoms with E-state index in [4.69, 9.17) is 9.47 Å². The van der Waals surface area contributed by atoms with Crippen molar-refractivity contribution in [3.05, 3.63) is 0 Å². The standard InChI is InChI=1S/C10H18O3/c1-12-6-8-5-10(7-11)4-2-3-9(10)13-8/h8-9,11H,2-7H2,1H3/t8-,9+,10+/m0/s1. The van der Waals surface area contributed by atoms with E-state index >= 15 is 0 Å². The van der Waals surface area contributed by atoms with Crippen LogP contribution in [0.1, 0.15) is 25.7 Å². The minimum atomic E-state index is 0.0726. The van der Waals surface area contributed by atoms with Crippen LogP contribution in [0.4, 0.5) is 0 Å². The van der Waals surface area contributed by atoms with Gasteiger partial charge >= 0.3 is 0 Å². The van der Waals surface area contributed by atoms with Crippen LogP contribution in [0.3, 0.4) is 0 Å². The minimum absolute atomic E-state index is 0.0726. The Labute approximate surface area is 79.0 Å². The highest BCUT2D eigenvalue weighted by molar-refractivity contribution is 4.99. The lowest BCUT2D eigenvalue weighted by atomic mass is 9.82. The molecule has 3 heteroatoms. The molecule has 0 spiro atoms. The molecule has 0 amide bonds. The number of ether oxygens (including phenoxy) is 2. The highest BCUT2D eigenvalue weighted by Gasteiger charge is 2.50. The van der Waals surface area contributed by atoms with Gasteiger partial charge in [0.25, 0.3) is 0 Å². The molecular weight excluding hydrogens is 168 g/mol. The quantitative estimate of drug-likeness (QED) is 0.713. The number of hydrogen-bond acceptors (Lipinski definition) is 3. The molecule has 0 aromatic carbocycles. The second kappa shape index (κ2) is 3.56. The van der Waals surface area contributed by atoms with Crippen LogP contribution in [0.2, 0.25) is 0 Å². The van der Waals surface area contributed by atoms with Gasteiger partial charge in [0.15, 0.2) is 0 Å². The third kappa shape index (κ3) is 1.49. The Hall–Kier alpha value is -0.120. The minimum Gasteiger partial charge on any atom is -0.396 e. The normalized spacial score (nSPS) is 43.8. The molecule has 0 radical (unpaired) electrons. The molecule has 1 aliphatic carbocycles. The summed E-state index contributed by atoms with van der Waals surface area (Å²) in [7, 11) is 1.70. The molecule has 1 heterocycles. The van der Waals surface area contributed by atoms with Crippen molar-refractivity contribution < 1.29 is 14.6 Å². The van der Waals surface area contributed by atoms with E-state index in [2.05, 4.69) is 0 Å². The summed E-state index contributed by atoms with van der Waals surface area (Å²) in [6.45, 7) is 0.941. The molecular formula is C10H18O3. The first-order valence-corrected chi connectivity index (χ1v) is 5.06. The molecule has 2 rings (SSSR count). The van der Waals surface area contributed by atoms with Gasteiger partial charge in [-0.2, -0.15) is 0 Å². The summed E-state index contributed by atoms with van der Waals surface area (Å²) in [6, 6.07) is 0. The van der Waals surface area contributed by atoms with Gasteiger partial charge in [0.1, 0.15) is 0 Å². The number of methoxy groups -OCH3 is 1. The third-order valence-corrected chi connectivity index (χ3v) is 3.48. The monoisotopic (exact) mass is 186 g/mol. The van der Waals surface area contributed by atoms with Crippen LogP contribution in [0.5, 0.6) is 0 Å². The maximum absolute atomic E-state index is 9.39. The van der Waals surface area contributed by atoms with Crippen LogP contribution in [0.25, 0.3) is 0 Å². The molecule has 3 atom stereocenters. The van der Waals surface area contributed by atoms with Crippen LogP contribution in [-0.2, 0) is 9.47 Å². The second-order valence-corrected chi connectivity index (χ2v) is 4.32. The average molecular weight is 186 g/mol. The Morgan fingerprint density at radius 3 is 3.08 bits per heavy atom. The predicted molar refractivity (Wildman–Crippen MR) is 48.5 cm³/mol. The lowest BCUT2D eigenvalue weighted by Gasteiger charge is -2.24. The van der Waals surface area contributed by atoms with Crippen LogP contribution >= 0.6 is 0 Å². The summed E-state index contributed by atoms with van der Waals surface area (Å²) in [6.07, 6.45) is 4.90. The Bertz CT molecular complexity index is 183. The summed E-state index contributed by atoms with van der Waals surface area (Å²) >= 11 is 0. The number of rotatable bonds is 3. The largest absolute Gasteiger partial charge is 0.396 e. The molecule has 1 N–H and O–H groups in total. The molecule has 76 valence electrons. The van der Waals surface area contributed by atoms with Gasteiger partial charge in [0, 0.05) is 12.5 Å². The van der Waals surface area contributed by atoms with E-state index in [-0.39, 0.29) is 24.2 Å². The zero-order valence-corrected chi connectivity index (χ0v) is 8.16. The van der Waals surface area contributed by atoms with E-state index < -0.39 is 0 Å². The summed E-state index contributed by atoms with van der Waals surface area (Å²) in [4.78, 5) is 0. The summed E-state index contributed by atoms with van der Waals surface area (Å²) in [5.41, 5.74) is 0.0726. The molecule has 13 heavy (non-hydrogen) atoms. The van der Waals surface area contributed by atoms with Crippen molar-refractivity contribution in [1.82, 2.24) is 0 Å². The summed E-state index contributed by atoms with van der Waals surface area (Å²) in [5, 5.41) is 9.39. The maximum atomic E-state index is 9.39. The molecule has 1 saturated heterocycles. The van der Waals surface area contributed by atoms with E-state index in [1.807, 2.05) is 0 Å². The topological polar surface area (TPSA) is 38.7 Å². The van der Waals surface area contributed by atoms with Gasteiger partial charge in [-0.15, -0.1) is 0 Å². The van der Waals surface area contributed by atoms with E-state index in [0.717, 1.165) is 19.3 Å². The number of fused-ring (bicyclic) bond motifs is 1. The van der Waals surface area contributed by atoms with Gasteiger partial charge < -0.3 is 14.6 Å². The SMILES string of the molecule is COC[C@@H]1C[C@@]2(CO)CCC[C@H]2O1. The van der Waals surface area contributed by atoms with Gasteiger partial charge in [-0.05, 0) is 19.3 Å². The van der Waals surface area contributed by atoms with Crippen molar-refractivity contribution in [2.75, 3.05) is 20.3 Å². The second-order valence-electron chi connectivity index (χ2n) is 4.32. The van der Waals surface area contributed by atoms with Crippen molar-refractivity contribution in [2.45, 2.75) is 37.9 Å². The lowest BCUT2D eigenvalue weighted by molar-refractivity contribution is -0.0173. The summed E-state index contributed by atoms with van der Waals surface area (Å²) in [5.74, 6) is 0. The molecule has 0 bridgehead atoms. The maximum Gasteiger partial charge on any atom is 0.0819 e.